The van der Waals surface area contributed by atoms with E-state index in [0.717, 1.165) is 19.9 Å². The molecule has 0 spiro atoms. The lowest BCUT2D eigenvalue weighted by molar-refractivity contribution is 0.0475. The van der Waals surface area contributed by atoms with Crippen molar-refractivity contribution in [3.05, 3.63) is 43.8 Å². The van der Waals surface area contributed by atoms with Crippen LogP contribution in [0.1, 0.15) is 25.9 Å². The molecule has 0 N–H and O–H groups in total. The lowest BCUT2D eigenvalue weighted by Gasteiger charge is -2.13. The minimum Gasteiger partial charge on any atom is -0.456 e. The maximum atomic E-state index is 12.3. The van der Waals surface area contributed by atoms with Gasteiger partial charge in [0.25, 0.3) is 0 Å². The summed E-state index contributed by atoms with van der Waals surface area (Å²) in [6.45, 7) is 3.85. The summed E-state index contributed by atoms with van der Waals surface area (Å²) in [5.74, 6) is -0.580. The van der Waals surface area contributed by atoms with Gasteiger partial charge in [0, 0.05) is 18.6 Å². The van der Waals surface area contributed by atoms with Crippen LogP contribution in [0.5, 0.6) is 0 Å². The van der Waals surface area contributed by atoms with E-state index in [2.05, 4.69) is 20.9 Å². The number of benzene rings is 1. The number of aryl methyl sites for hydroxylation is 2. The van der Waals surface area contributed by atoms with Crippen molar-refractivity contribution in [3.63, 3.8) is 0 Å². The highest BCUT2D eigenvalue weighted by Gasteiger charge is 2.22. The molecule has 24 heavy (non-hydrogen) atoms. The largest absolute Gasteiger partial charge is 0.456 e. The predicted octanol–water partition coefficient (Wildman–Crippen LogP) is 3.13. The second-order valence-electron chi connectivity index (χ2n) is 5.25. The summed E-state index contributed by atoms with van der Waals surface area (Å²) < 4.78 is 31.3. The van der Waals surface area contributed by atoms with Crippen LogP contribution in [0.25, 0.3) is 0 Å². The number of hydrogen-bond donors (Lipinski definition) is 0. The van der Waals surface area contributed by atoms with Gasteiger partial charge in [-0.2, -0.15) is 0 Å². The number of carbonyl (C=O) groups excluding carboxylic acids is 1. The zero-order valence-corrected chi connectivity index (χ0v) is 16.9. The van der Waals surface area contributed by atoms with E-state index in [0.29, 0.717) is 4.47 Å². The number of esters is 1. The first-order chi connectivity index (χ1) is 11.1. The molecule has 1 aromatic carbocycles. The molecule has 0 saturated carbocycles. The molecular formula is C15H17BrN2O4S2. The maximum Gasteiger partial charge on any atom is 0.338 e. The summed E-state index contributed by atoms with van der Waals surface area (Å²) in [6.07, 6.45) is 0. The van der Waals surface area contributed by atoms with Gasteiger partial charge in [-0.1, -0.05) is 0 Å². The number of thiazole rings is 1. The third-order valence-corrected chi connectivity index (χ3v) is 7.11. The first kappa shape index (κ1) is 19.0. The van der Waals surface area contributed by atoms with Gasteiger partial charge in [-0.25, -0.2) is 22.5 Å². The quantitative estimate of drug-likeness (QED) is 0.678. The fourth-order valence-electron chi connectivity index (χ4n) is 1.95. The van der Waals surface area contributed by atoms with E-state index in [4.69, 9.17) is 4.74 Å². The molecule has 1 heterocycles. The van der Waals surface area contributed by atoms with Gasteiger partial charge in [0.1, 0.15) is 6.61 Å². The average Bonchev–Trinajstić information content (AvgIpc) is 2.82. The van der Waals surface area contributed by atoms with Crippen molar-refractivity contribution in [1.82, 2.24) is 9.29 Å². The first-order valence-corrected chi connectivity index (χ1v) is 10.00. The van der Waals surface area contributed by atoms with E-state index in [-0.39, 0.29) is 17.1 Å². The van der Waals surface area contributed by atoms with Gasteiger partial charge in [-0.05, 0) is 48.0 Å². The van der Waals surface area contributed by atoms with Crippen molar-refractivity contribution in [3.8, 4) is 0 Å². The van der Waals surface area contributed by atoms with Crippen LogP contribution in [0.4, 0.5) is 0 Å². The second-order valence-corrected chi connectivity index (χ2v) is 9.51. The molecule has 2 rings (SSSR count). The predicted molar refractivity (Wildman–Crippen MR) is 95.7 cm³/mol. The number of ether oxygens (including phenoxy) is 1. The highest BCUT2D eigenvalue weighted by Crippen LogP contribution is 2.26. The molecule has 0 unspecified atom stereocenters. The molecule has 9 heteroatoms. The molecule has 0 aliphatic carbocycles. The normalized spacial score (nSPS) is 11.8. The van der Waals surface area contributed by atoms with E-state index < -0.39 is 16.0 Å². The number of carbonyl (C=O) groups is 1. The topological polar surface area (TPSA) is 76.6 Å². The number of halogens is 1. The number of aromatic nitrogens is 1. The van der Waals surface area contributed by atoms with Gasteiger partial charge in [-0.15, -0.1) is 11.3 Å². The summed E-state index contributed by atoms with van der Waals surface area (Å²) in [5.41, 5.74) is 1.01. The Balaban J connectivity index is 2.23. The maximum absolute atomic E-state index is 12.3. The Labute approximate surface area is 153 Å². The van der Waals surface area contributed by atoms with E-state index in [9.17, 15) is 13.2 Å². The van der Waals surface area contributed by atoms with Crippen LogP contribution in [-0.2, 0) is 21.4 Å². The Morgan fingerprint density at radius 3 is 2.54 bits per heavy atom. The van der Waals surface area contributed by atoms with Crippen LogP contribution in [0.3, 0.4) is 0 Å². The fraction of sp³-hybridized carbons (Fsp3) is 0.333. The minimum atomic E-state index is -3.66. The van der Waals surface area contributed by atoms with Crippen LogP contribution in [0.15, 0.2) is 27.6 Å². The van der Waals surface area contributed by atoms with Crippen molar-refractivity contribution in [1.29, 1.82) is 0 Å². The van der Waals surface area contributed by atoms with Crippen LogP contribution in [-0.4, -0.2) is 37.8 Å². The number of hydrogen-bond acceptors (Lipinski definition) is 6. The zero-order chi connectivity index (χ0) is 18.1. The highest BCUT2D eigenvalue weighted by atomic mass is 79.9. The summed E-state index contributed by atoms with van der Waals surface area (Å²) in [6, 6.07) is 4.35. The summed E-state index contributed by atoms with van der Waals surface area (Å²) >= 11 is 4.67. The van der Waals surface area contributed by atoms with Crippen molar-refractivity contribution >= 4 is 43.3 Å². The third-order valence-electron chi connectivity index (χ3n) is 3.26. The molecule has 6 nitrogen and oxygen atoms in total. The molecule has 0 amide bonds. The molecule has 0 atom stereocenters. The molecule has 0 aliphatic heterocycles. The average molecular weight is 433 g/mol. The highest BCUT2D eigenvalue weighted by molar-refractivity contribution is 9.10. The lowest BCUT2D eigenvalue weighted by atomic mass is 10.2. The Hall–Kier alpha value is -1.29. The van der Waals surface area contributed by atoms with E-state index in [1.165, 1.54) is 43.6 Å². The van der Waals surface area contributed by atoms with Gasteiger partial charge in [-0.3, -0.25) is 0 Å². The van der Waals surface area contributed by atoms with Crippen molar-refractivity contribution in [2.24, 2.45) is 0 Å². The molecule has 0 radical (unpaired) electrons. The summed E-state index contributed by atoms with van der Waals surface area (Å²) in [5, 5.41) is 0.904. The third kappa shape index (κ3) is 4.02. The second kappa shape index (κ2) is 7.30. The molecule has 0 fully saturated rings. The van der Waals surface area contributed by atoms with E-state index in [1.807, 2.05) is 13.8 Å². The summed E-state index contributed by atoms with van der Waals surface area (Å²) in [7, 11) is -0.799. The fourth-order valence-corrected chi connectivity index (χ4v) is 4.64. The Kier molecular flexibility index (Phi) is 5.79. The molecule has 0 aliphatic rings. The number of rotatable bonds is 5. The summed E-state index contributed by atoms with van der Waals surface area (Å²) in [4.78, 5) is 17.4. The number of sulfonamides is 1. The van der Waals surface area contributed by atoms with Gasteiger partial charge < -0.3 is 4.74 Å². The van der Waals surface area contributed by atoms with E-state index >= 15 is 0 Å². The Morgan fingerprint density at radius 2 is 2.00 bits per heavy atom. The standard InChI is InChI=1S/C15H17BrN2O4S2/c1-9-13(23-10(2)17-9)8-22-15(19)11-5-6-12(16)14(7-11)24(20,21)18(3)4/h5-7H,8H2,1-4H3. The van der Waals surface area contributed by atoms with Gasteiger partial charge >= 0.3 is 5.97 Å². The molecule has 0 saturated heterocycles. The van der Waals surface area contributed by atoms with Crippen molar-refractivity contribution < 1.29 is 17.9 Å². The van der Waals surface area contributed by atoms with Gasteiger partial charge in [0.2, 0.25) is 10.0 Å². The molecule has 130 valence electrons. The van der Waals surface area contributed by atoms with Crippen LogP contribution in [0.2, 0.25) is 0 Å². The van der Waals surface area contributed by atoms with Gasteiger partial charge in [0.15, 0.2) is 0 Å². The van der Waals surface area contributed by atoms with Crippen molar-refractivity contribution in [2.45, 2.75) is 25.3 Å². The van der Waals surface area contributed by atoms with Crippen LogP contribution in [0, 0.1) is 13.8 Å². The molecule has 2 aromatic rings. The van der Waals surface area contributed by atoms with Crippen molar-refractivity contribution in [2.75, 3.05) is 14.1 Å². The Bertz CT molecular complexity index is 876. The lowest BCUT2D eigenvalue weighted by Crippen LogP contribution is -2.23. The minimum absolute atomic E-state index is 0.0202. The van der Waals surface area contributed by atoms with Crippen LogP contribution >= 0.6 is 27.3 Å². The van der Waals surface area contributed by atoms with Gasteiger partial charge in [0.05, 0.1) is 26.0 Å². The van der Waals surface area contributed by atoms with E-state index in [1.54, 1.807) is 0 Å². The zero-order valence-electron chi connectivity index (χ0n) is 13.7. The smallest absolute Gasteiger partial charge is 0.338 e. The Morgan fingerprint density at radius 1 is 1.33 bits per heavy atom. The molecule has 1 aromatic heterocycles. The van der Waals surface area contributed by atoms with Crippen LogP contribution < -0.4 is 0 Å². The molecule has 0 bridgehead atoms. The SMILES string of the molecule is Cc1nc(C)c(COC(=O)c2ccc(Br)c(S(=O)(=O)N(C)C)c2)s1. The number of nitrogens with zero attached hydrogens (tertiary/aromatic N) is 2. The molecular weight excluding hydrogens is 416 g/mol. The monoisotopic (exact) mass is 432 g/mol. The first-order valence-electron chi connectivity index (χ1n) is 6.95.